The van der Waals surface area contributed by atoms with E-state index >= 15 is 0 Å². The number of hydrogen-bond acceptors (Lipinski definition) is 5. The number of halogens is 1. The fourth-order valence-electron chi connectivity index (χ4n) is 2.54. The Labute approximate surface area is 171 Å². The predicted molar refractivity (Wildman–Crippen MR) is 112 cm³/mol. The minimum atomic E-state index is -0.0626. The van der Waals surface area contributed by atoms with Gasteiger partial charge in [-0.25, -0.2) is 9.97 Å². The number of anilines is 1. The van der Waals surface area contributed by atoms with Crippen LogP contribution in [0.4, 0.5) is 5.69 Å². The smallest absolute Gasteiger partial charge is 0.243 e. The molecule has 0 bridgehead atoms. The Bertz CT molecular complexity index is 906. The van der Waals surface area contributed by atoms with Gasteiger partial charge in [0.25, 0.3) is 0 Å². The van der Waals surface area contributed by atoms with Crippen LogP contribution in [-0.2, 0) is 11.3 Å². The second-order valence-corrected chi connectivity index (χ2v) is 6.29. The van der Waals surface area contributed by atoms with E-state index in [0.717, 1.165) is 5.56 Å². The van der Waals surface area contributed by atoms with Crippen LogP contribution in [0.1, 0.15) is 5.56 Å². The molecule has 0 saturated heterocycles. The third kappa shape index (κ3) is 4.73. The number of benzene rings is 1. The number of amides is 1. The van der Waals surface area contributed by atoms with Crippen molar-refractivity contribution in [2.75, 3.05) is 16.4 Å². The van der Waals surface area contributed by atoms with E-state index < -0.39 is 0 Å². The van der Waals surface area contributed by atoms with Crippen LogP contribution in [0.25, 0.3) is 0 Å². The average molecular weight is 475 g/mol. The maximum atomic E-state index is 12.7. The molecule has 0 saturated carbocycles. The van der Waals surface area contributed by atoms with Crippen LogP contribution in [0.2, 0.25) is 0 Å². The van der Waals surface area contributed by atoms with Crippen LogP contribution in [-0.4, -0.2) is 27.4 Å². The first-order chi connectivity index (χ1) is 13.2. The largest absolute Gasteiger partial charge is 0.481 e. The van der Waals surface area contributed by atoms with Gasteiger partial charge in [0.1, 0.15) is 11.4 Å². The first kappa shape index (κ1) is 19.1. The van der Waals surface area contributed by atoms with Crippen LogP contribution in [0.15, 0.2) is 67.0 Å². The summed E-state index contributed by atoms with van der Waals surface area (Å²) in [6.07, 6.45) is 3.29. The van der Waals surface area contributed by atoms with Gasteiger partial charge >= 0.3 is 0 Å². The molecule has 3 rings (SSSR count). The van der Waals surface area contributed by atoms with Crippen molar-refractivity contribution in [3.8, 4) is 17.5 Å². The lowest BCUT2D eigenvalue weighted by molar-refractivity contribution is -0.116. The molecule has 1 aromatic carbocycles. The zero-order chi connectivity index (χ0) is 19.1. The second-order valence-electron chi connectivity index (χ2n) is 5.53. The maximum Gasteiger partial charge on any atom is 0.243 e. The molecular weight excluding hydrogens is 457 g/mol. The summed E-state index contributed by atoms with van der Waals surface area (Å²) in [4.78, 5) is 22.9. The maximum absolute atomic E-state index is 12.7. The number of methoxy groups -OCH3 is 1. The van der Waals surface area contributed by atoms with Crippen molar-refractivity contribution in [3.63, 3.8) is 0 Å². The summed E-state index contributed by atoms with van der Waals surface area (Å²) < 4.78 is 11.6. The van der Waals surface area contributed by atoms with Crippen molar-refractivity contribution in [2.24, 2.45) is 0 Å². The summed E-state index contributed by atoms with van der Waals surface area (Å²) in [5.74, 6) is 1.44. The van der Waals surface area contributed by atoms with Gasteiger partial charge in [-0.15, -0.1) is 0 Å². The standard InChI is InChI=1S/C20H18IN3O3/c1-26-19-15(7-5-11-22-19)14-24(18(25)13-21)17-10-6-12-23-20(17)27-16-8-3-2-4-9-16/h2-12H,13-14H2,1H3. The molecule has 0 spiro atoms. The lowest BCUT2D eigenvalue weighted by Crippen LogP contribution is -2.32. The number of carbonyl (C=O) groups is 1. The first-order valence-electron chi connectivity index (χ1n) is 8.25. The Hall–Kier alpha value is -2.68. The van der Waals surface area contributed by atoms with Crippen LogP contribution in [0.5, 0.6) is 17.5 Å². The van der Waals surface area contributed by atoms with Crippen molar-refractivity contribution < 1.29 is 14.3 Å². The van der Waals surface area contributed by atoms with Crippen molar-refractivity contribution >= 4 is 34.2 Å². The summed E-state index contributed by atoms with van der Waals surface area (Å²) in [5.41, 5.74) is 1.39. The molecule has 138 valence electrons. The number of rotatable bonds is 7. The Morgan fingerprint density at radius 2 is 1.70 bits per heavy atom. The molecule has 0 unspecified atom stereocenters. The Morgan fingerprint density at radius 1 is 1.00 bits per heavy atom. The topological polar surface area (TPSA) is 64.5 Å². The number of pyridine rings is 2. The number of alkyl halides is 1. The van der Waals surface area contributed by atoms with E-state index in [-0.39, 0.29) is 5.91 Å². The first-order valence-corrected chi connectivity index (χ1v) is 9.77. The second kappa shape index (κ2) is 9.31. The number of aromatic nitrogens is 2. The van der Waals surface area contributed by atoms with Crippen LogP contribution in [0.3, 0.4) is 0 Å². The minimum absolute atomic E-state index is 0.0626. The third-order valence-electron chi connectivity index (χ3n) is 3.79. The van der Waals surface area contributed by atoms with Gasteiger partial charge in [-0.2, -0.15) is 0 Å². The predicted octanol–water partition coefficient (Wildman–Crippen LogP) is 4.25. The summed E-state index contributed by atoms with van der Waals surface area (Å²) in [5, 5.41) is 0. The number of hydrogen-bond donors (Lipinski definition) is 0. The van der Waals surface area contributed by atoms with E-state index in [1.807, 2.05) is 48.5 Å². The highest BCUT2D eigenvalue weighted by molar-refractivity contribution is 14.1. The summed E-state index contributed by atoms with van der Waals surface area (Å²) in [6, 6.07) is 16.6. The molecule has 0 atom stereocenters. The molecular formula is C20H18IN3O3. The van der Waals surface area contributed by atoms with Gasteiger partial charge in [0, 0.05) is 18.0 Å². The molecule has 0 fully saturated rings. The van der Waals surface area contributed by atoms with E-state index in [4.69, 9.17) is 9.47 Å². The van der Waals surface area contributed by atoms with E-state index in [1.165, 1.54) is 0 Å². The highest BCUT2D eigenvalue weighted by Crippen LogP contribution is 2.32. The van der Waals surface area contributed by atoms with Gasteiger partial charge < -0.3 is 14.4 Å². The summed E-state index contributed by atoms with van der Waals surface area (Å²) in [7, 11) is 1.56. The van der Waals surface area contributed by atoms with Crippen molar-refractivity contribution in [2.45, 2.75) is 6.54 Å². The minimum Gasteiger partial charge on any atom is -0.481 e. The molecule has 27 heavy (non-hydrogen) atoms. The zero-order valence-electron chi connectivity index (χ0n) is 14.7. The van der Waals surface area contributed by atoms with Gasteiger partial charge in [-0.05, 0) is 30.3 Å². The number of nitrogens with zero attached hydrogens (tertiary/aromatic N) is 3. The van der Waals surface area contributed by atoms with E-state index in [1.54, 1.807) is 30.5 Å². The Morgan fingerprint density at radius 3 is 2.41 bits per heavy atom. The number of carbonyl (C=O) groups excluding carboxylic acids is 1. The van der Waals surface area contributed by atoms with E-state index in [0.29, 0.717) is 34.2 Å². The number of ether oxygens (including phenoxy) is 2. The monoisotopic (exact) mass is 475 g/mol. The Balaban J connectivity index is 1.97. The third-order valence-corrected chi connectivity index (χ3v) is 4.44. The fraction of sp³-hybridized carbons (Fsp3) is 0.150. The quantitative estimate of drug-likeness (QED) is 0.378. The molecule has 6 nitrogen and oxygen atoms in total. The van der Waals surface area contributed by atoms with E-state index in [2.05, 4.69) is 32.6 Å². The molecule has 3 aromatic rings. The molecule has 1 amide bonds. The van der Waals surface area contributed by atoms with E-state index in [9.17, 15) is 4.79 Å². The lowest BCUT2D eigenvalue weighted by atomic mass is 10.2. The Kier molecular flexibility index (Phi) is 6.59. The molecule has 7 heteroatoms. The molecule has 2 aromatic heterocycles. The van der Waals surface area contributed by atoms with Crippen molar-refractivity contribution in [1.29, 1.82) is 0 Å². The molecule has 0 aliphatic rings. The molecule has 0 N–H and O–H groups in total. The molecule has 0 aliphatic carbocycles. The summed E-state index contributed by atoms with van der Waals surface area (Å²) in [6.45, 7) is 0.301. The van der Waals surface area contributed by atoms with Gasteiger partial charge in [0.2, 0.25) is 17.7 Å². The SMILES string of the molecule is COc1ncccc1CN(C(=O)CI)c1cccnc1Oc1ccccc1. The zero-order valence-corrected chi connectivity index (χ0v) is 16.9. The van der Waals surface area contributed by atoms with Crippen LogP contribution in [0, 0.1) is 0 Å². The molecule has 2 heterocycles. The number of para-hydroxylation sites is 1. The highest BCUT2D eigenvalue weighted by atomic mass is 127. The fourth-order valence-corrected chi connectivity index (χ4v) is 2.96. The summed E-state index contributed by atoms with van der Waals surface area (Å²) >= 11 is 2.05. The van der Waals surface area contributed by atoms with Gasteiger partial charge in [0.15, 0.2) is 0 Å². The van der Waals surface area contributed by atoms with Crippen LogP contribution < -0.4 is 14.4 Å². The molecule has 0 aliphatic heterocycles. The van der Waals surface area contributed by atoms with Crippen molar-refractivity contribution in [1.82, 2.24) is 9.97 Å². The normalized spacial score (nSPS) is 10.3. The van der Waals surface area contributed by atoms with Gasteiger partial charge in [-0.1, -0.05) is 46.9 Å². The lowest BCUT2D eigenvalue weighted by Gasteiger charge is -2.24. The van der Waals surface area contributed by atoms with Crippen LogP contribution >= 0.6 is 22.6 Å². The van der Waals surface area contributed by atoms with Gasteiger partial charge in [0.05, 0.1) is 18.1 Å². The average Bonchev–Trinajstić information content (AvgIpc) is 2.73. The van der Waals surface area contributed by atoms with Gasteiger partial charge in [-0.3, -0.25) is 4.79 Å². The molecule has 0 radical (unpaired) electrons. The highest BCUT2D eigenvalue weighted by Gasteiger charge is 2.22. The van der Waals surface area contributed by atoms with Crippen molar-refractivity contribution in [3.05, 3.63) is 72.6 Å².